The molecule has 1 aliphatic rings. The van der Waals surface area contributed by atoms with Gasteiger partial charge in [0.2, 0.25) is 0 Å². The Hall–Kier alpha value is -1.89. The second kappa shape index (κ2) is 7.39. The van der Waals surface area contributed by atoms with E-state index < -0.39 is 0 Å². The molecule has 0 aromatic heterocycles. The SMILES string of the molecule is C=C(C)CC1=C/C=C\C=C/CC(=N)/C=C\C=C\1. The summed E-state index contributed by atoms with van der Waals surface area (Å²) in [4.78, 5) is 0. The zero-order valence-electron chi connectivity index (χ0n) is 10.3. The van der Waals surface area contributed by atoms with E-state index in [4.69, 9.17) is 5.41 Å². The Balaban J connectivity index is 2.87. The molecule has 1 N–H and O–H groups in total. The van der Waals surface area contributed by atoms with Gasteiger partial charge in [-0.15, -0.1) is 0 Å². The smallest absolute Gasteiger partial charge is 0.0351 e. The van der Waals surface area contributed by atoms with E-state index in [9.17, 15) is 0 Å². The van der Waals surface area contributed by atoms with Crippen molar-refractivity contribution in [3.63, 3.8) is 0 Å². The second-order valence-corrected chi connectivity index (χ2v) is 4.14. The Morgan fingerprint density at radius 3 is 2.71 bits per heavy atom. The maximum atomic E-state index is 7.66. The minimum atomic E-state index is 0.616. The van der Waals surface area contributed by atoms with Crippen LogP contribution in [0.2, 0.25) is 0 Å². The molecule has 0 saturated carbocycles. The van der Waals surface area contributed by atoms with Crippen LogP contribution in [-0.4, -0.2) is 5.71 Å². The van der Waals surface area contributed by atoms with Crippen molar-refractivity contribution >= 4 is 5.71 Å². The van der Waals surface area contributed by atoms with Crippen LogP contribution in [0.15, 0.2) is 72.4 Å². The highest BCUT2D eigenvalue weighted by Crippen LogP contribution is 2.11. The molecule has 0 amide bonds. The van der Waals surface area contributed by atoms with E-state index in [-0.39, 0.29) is 0 Å². The van der Waals surface area contributed by atoms with E-state index in [0.29, 0.717) is 12.1 Å². The summed E-state index contributed by atoms with van der Waals surface area (Å²) in [6, 6.07) is 0. The highest BCUT2D eigenvalue weighted by Gasteiger charge is 1.92. The van der Waals surface area contributed by atoms with Gasteiger partial charge in [-0.3, -0.25) is 0 Å². The highest BCUT2D eigenvalue weighted by atomic mass is 14.4. The standard InChI is InChI=1S/C16H19N/c1-14(2)13-15-9-5-3-4-6-11-16(17)12-8-7-10-15/h3-10,12,17H,1,11,13H2,2H3/b5-3-,6-4-,10-7+,12-8-,15-9+,17-16?. The van der Waals surface area contributed by atoms with Crippen molar-refractivity contribution in [2.75, 3.05) is 0 Å². The molecule has 0 aromatic rings. The molecular weight excluding hydrogens is 206 g/mol. The van der Waals surface area contributed by atoms with Crippen LogP contribution < -0.4 is 0 Å². The van der Waals surface area contributed by atoms with E-state index in [0.717, 1.165) is 12.0 Å². The van der Waals surface area contributed by atoms with E-state index in [1.807, 2.05) is 49.5 Å². The molecule has 0 unspecified atom stereocenters. The molecule has 0 atom stereocenters. The molecule has 0 spiro atoms. The van der Waals surface area contributed by atoms with Crippen LogP contribution in [0.25, 0.3) is 0 Å². The van der Waals surface area contributed by atoms with E-state index in [1.165, 1.54) is 5.57 Å². The summed E-state index contributed by atoms with van der Waals surface area (Å²) in [5.74, 6) is 0. The molecule has 0 aromatic carbocycles. The maximum Gasteiger partial charge on any atom is 0.0351 e. The van der Waals surface area contributed by atoms with E-state index >= 15 is 0 Å². The summed E-state index contributed by atoms with van der Waals surface area (Å²) in [6.07, 6.45) is 19.4. The lowest BCUT2D eigenvalue weighted by Gasteiger charge is -2.00. The number of hydrogen-bond donors (Lipinski definition) is 1. The monoisotopic (exact) mass is 225 g/mol. The van der Waals surface area contributed by atoms with Crippen molar-refractivity contribution < 1.29 is 0 Å². The summed E-state index contributed by atoms with van der Waals surface area (Å²) < 4.78 is 0. The lowest BCUT2D eigenvalue weighted by Crippen LogP contribution is -1.86. The average Bonchev–Trinajstić information content (AvgIpc) is 2.25. The third kappa shape index (κ3) is 6.31. The Morgan fingerprint density at radius 1 is 1.18 bits per heavy atom. The van der Waals surface area contributed by atoms with Crippen LogP contribution in [0.1, 0.15) is 19.8 Å². The Labute approximate surface area is 104 Å². The number of nitrogens with one attached hydrogen (secondary N) is 1. The largest absolute Gasteiger partial charge is 0.305 e. The number of hydrogen-bond acceptors (Lipinski definition) is 1. The lowest BCUT2D eigenvalue weighted by molar-refractivity contribution is 1.16. The molecule has 88 valence electrons. The molecular formula is C16H19N. The number of rotatable bonds is 2. The third-order valence-corrected chi connectivity index (χ3v) is 2.23. The minimum Gasteiger partial charge on any atom is -0.305 e. The average molecular weight is 225 g/mol. The minimum absolute atomic E-state index is 0.616. The second-order valence-electron chi connectivity index (χ2n) is 4.14. The van der Waals surface area contributed by atoms with Crippen molar-refractivity contribution in [2.24, 2.45) is 0 Å². The molecule has 1 nitrogen and oxygen atoms in total. The molecule has 1 rings (SSSR count). The quantitative estimate of drug-likeness (QED) is 0.668. The normalized spacial score (nSPS) is 26.9. The summed E-state index contributed by atoms with van der Waals surface area (Å²) in [7, 11) is 0. The van der Waals surface area contributed by atoms with Gasteiger partial charge in [0, 0.05) is 12.1 Å². The van der Waals surface area contributed by atoms with Crippen LogP contribution in [0.3, 0.4) is 0 Å². The fourth-order valence-corrected chi connectivity index (χ4v) is 1.46. The van der Waals surface area contributed by atoms with Gasteiger partial charge in [-0.25, -0.2) is 0 Å². The first kappa shape index (κ1) is 13.2. The van der Waals surface area contributed by atoms with Gasteiger partial charge in [0.25, 0.3) is 0 Å². The molecule has 17 heavy (non-hydrogen) atoms. The summed E-state index contributed by atoms with van der Waals surface area (Å²) in [6.45, 7) is 5.95. The Morgan fingerprint density at radius 2 is 1.94 bits per heavy atom. The van der Waals surface area contributed by atoms with Crippen LogP contribution in [0.4, 0.5) is 0 Å². The van der Waals surface area contributed by atoms with Crippen LogP contribution in [-0.2, 0) is 0 Å². The summed E-state index contributed by atoms with van der Waals surface area (Å²) >= 11 is 0. The van der Waals surface area contributed by atoms with Gasteiger partial charge in [0.05, 0.1) is 0 Å². The highest BCUT2D eigenvalue weighted by molar-refractivity contribution is 5.93. The molecule has 1 aliphatic carbocycles. The predicted octanol–water partition coefficient (Wildman–Crippen LogP) is 4.53. The molecule has 0 aliphatic heterocycles. The number of allylic oxidation sites excluding steroid dienone is 11. The molecule has 0 bridgehead atoms. The lowest BCUT2D eigenvalue weighted by atomic mass is 10.1. The van der Waals surface area contributed by atoms with Gasteiger partial charge in [-0.1, -0.05) is 60.8 Å². The van der Waals surface area contributed by atoms with Gasteiger partial charge in [0.1, 0.15) is 0 Å². The van der Waals surface area contributed by atoms with Crippen molar-refractivity contribution in [1.29, 1.82) is 5.41 Å². The van der Waals surface area contributed by atoms with Gasteiger partial charge in [0.15, 0.2) is 0 Å². The maximum absolute atomic E-state index is 7.66. The van der Waals surface area contributed by atoms with Crippen LogP contribution in [0.5, 0.6) is 0 Å². The van der Waals surface area contributed by atoms with Gasteiger partial charge in [-0.2, -0.15) is 0 Å². The van der Waals surface area contributed by atoms with Gasteiger partial charge in [-0.05, 0) is 25.0 Å². The Bertz CT molecular complexity index is 428. The molecule has 0 radical (unpaired) electrons. The first-order valence-corrected chi connectivity index (χ1v) is 5.77. The van der Waals surface area contributed by atoms with Crippen LogP contribution in [0, 0.1) is 5.41 Å². The van der Waals surface area contributed by atoms with Crippen molar-refractivity contribution in [1.82, 2.24) is 0 Å². The zero-order chi connectivity index (χ0) is 12.5. The topological polar surface area (TPSA) is 23.9 Å². The molecule has 0 fully saturated rings. The fraction of sp³-hybridized carbons (Fsp3) is 0.188. The molecule has 0 heterocycles. The van der Waals surface area contributed by atoms with Gasteiger partial charge >= 0.3 is 0 Å². The predicted molar refractivity (Wildman–Crippen MR) is 76.4 cm³/mol. The Kier molecular flexibility index (Phi) is 5.73. The van der Waals surface area contributed by atoms with Gasteiger partial charge < -0.3 is 5.41 Å². The van der Waals surface area contributed by atoms with Crippen molar-refractivity contribution in [2.45, 2.75) is 19.8 Å². The first-order chi connectivity index (χ1) is 8.18. The van der Waals surface area contributed by atoms with E-state index in [1.54, 1.807) is 0 Å². The third-order valence-electron chi connectivity index (χ3n) is 2.23. The zero-order valence-corrected chi connectivity index (χ0v) is 10.3. The van der Waals surface area contributed by atoms with Crippen molar-refractivity contribution in [3.05, 3.63) is 72.4 Å². The first-order valence-electron chi connectivity index (χ1n) is 5.77. The van der Waals surface area contributed by atoms with Crippen molar-refractivity contribution in [3.8, 4) is 0 Å². The fourth-order valence-electron chi connectivity index (χ4n) is 1.46. The summed E-state index contributed by atoms with van der Waals surface area (Å²) in [5.41, 5.74) is 2.98. The summed E-state index contributed by atoms with van der Waals surface area (Å²) in [5, 5.41) is 7.66. The molecule has 1 heteroatoms. The van der Waals surface area contributed by atoms with E-state index in [2.05, 4.69) is 18.7 Å². The molecule has 0 saturated heterocycles. The van der Waals surface area contributed by atoms with Crippen LogP contribution >= 0.6 is 0 Å².